The fourth-order valence-corrected chi connectivity index (χ4v) is 3.22. The van der Waals surface area contributed by atoms with E-state index >= 15 is 0 Å². The lowest BCUT2D eigenvalue weighted by atomic mass is 10.0. The number of carbonyl (C=O) groups is 1. The first-order valence-electron chi connectivity index (χ1n) is 9.94. The number of ether oxygens (including phenoxy) is 1. The van der Waals surface area contributed by atoms with Gasteiger partial charge in [-0.15, -0.1) is 0 Å². The minimum absolute atomic E-state index is 0.00102. The van der Waals surface area contributed by atoms with Crippen LogP contribution >= 0.6 is 0 Å². The van der Waals surface area contributed by atoms with Crippen molar-refractivity contribution >= 4 is 17.2 Å². The Labute approximate surface area is 170 Å². The van der Waals surface area contributed by atoms with E-state index in [9.17, 15) is 9.59 Å². The standard InChI is InChI=1S/C23H27N3O3/c1-5-17(6-2)23(28)25-18-8-7-16(4)20(12-18)29-14-19-13-22(27)26-10-9-15(3)11-21(26)24-19/h7-13,17H,5-6,14H2,1-4H3,(H,25,28). The summed E-state index contributed by atoms with van der Waals surface area (Å²) in [6.07, 6.45) is 3.33. The maximum Gasteiger partial charge on any atom is 0.258 e. The number of aryl methyl sites for hydroxylation is 2. The van der Waals surface area contributed by atoms with Gasteiger partial charge in [0, 0.05) is 29.9 Å². The summed E-state index contributed by atoms with van der Waals surface area (Å²) in [5, 5.41) is 2.96. The Balaban J connectivity index is 1.77. The third-order valence-corrected chi connectivity index (χ3v) is 5.06. The molecule has 0 aliphatic heterocycles. The number of hydrogen-bond acceptors (Lipinski definition) is 4. The van der Waals surface area contributed by atoms with Gasteiger partial charge >= 0.3 is 0 Å². The highest BCUT2D eigenvalue weighted by Crippen LogP contribution is 2.24. The van der Waals surface area contributed by atoms with Gasteiger partial charge in [0.15, 0.2) is 0 Å². The Bertz CT molecular complexity index is 1080. The Morgan fingerprint density at radius 2 is 1.90 bits per heavy atom. The fourth-order valence-electron chi connectivity index (χ4n) is 3.22. The molecule has 1 amide bonds. The number of aromatic nitrogens is 2. The first kappa shape index (κ1) is 20.6. The first-order valence-corrected chi connectivity index (χ1v) is 9.94. The topological polar surface area (TPSA) is 72.7 Å². The van der Waals surface area contributed by atoms with Crippen LogP contribution in [-0.4, -0.2) is 15.3 Å². The van der Waals surface area contributed by atoms with Gasteiger partial charge in [-0.1, -0.05) is 19.9 Å². The first-order chi connectivity index (χ1) is 13.9. The highest BCUT2D eigenvalue weighted by molar-refractivity contribution is 5.92. The van der Waals surface area contributed by atoms with E-state index in [-0.39, 0.29) is 24.0 Å². The molecule has 3 aromatic rings. The van der Waals surface area contributed by atoms with Gasteiger partial charge < -0.3 is 10.1 Å². The van der Waals surface area contributed by atoms with Crippen LogP contribution in [0, 0.1) is 19.8 Å². The van der Waals surface area contributed by atoms with Gasteiger partial charge in [-0.2, -0.15) is 0 Å². The molecule has 1 N–H and O–H groups in total. The fraction of sp³-hybridized carbons (Fsp3) is 0.348. The van der Waals surface area contributed by atoms with E-state index in [1.165, 1.54) is 10.5 Å². The van der Waals surface area contributed by atoms with Crippen LogP contribution in [-0.2, 0) is 11.4 Å². The summed E-state index contributed by atoms with van der Waals surface area (Å²) in [6.45, 7) is 8.09. The van der Waals surface area contributed by atoms with Crippen molar-refractivity contribution in [3.05, 3.63) is 69.8 Å². The van der Waals surface area contributed by atoms with Gasteiger partial charge in [0.05, 0.1) is 5.69 Å². The van der Waals surface area contributed by atoms with Crippen LogP contribution in [0.15, 0.2) is 47.4 Å². The Kier molecular flexibility index (Phi) is 6.32. The van der Waals surface area contributed by atoms with Crippen LogP contribution in [0.25, 0.3) is 5.65 Å². The summed E-state index contributed by atoms with van der Waals surface area (Å²) in [5.41, 5.74) is 3.69. The van der Waals surface area contributed by atoms with Gasteiger partial charge in [0.2, 0.25) is 5.91 Å². The monoisotopic (exact) mass is 393 g/mol. The second-order valence-electron chi connectivity index (χ2n) is 7.29. The Morgan fingerprint density at radius 1 is 1.14 bits per heavy atom. The van der Waals surface area contributed by atoms with Gasteiger partial charge in [-0.05, 0) is 56.0 Å². The number of nitrogens with one attached hydrogen (secondary N) is 1. The lowest BCUT2D eigenvalue weighted by molar-refractivity contribution is -0.120. The minimum Gasteiger partial charge on any atom is -0.487 e. The molecule has 0 fully saturated rings. The molecule has 0 saturated carbocycles. The average molecular weight is 393 g/mol. The summed E-state index contributed by atoms with van der Waals surface area (Å²) in [4.78, 5) is 29.2. The highest BCUT2D eigenvalue weighted by atomic mass is 16.5. The number of amides is 1. The zero-order valence-electron chi connectivity index (χ0n) is 17.4. The number of pyridine rings is 1. The molecule has 29 heavy (non-hydrogen) atoms. The second-order valence-corrected chi connectivity index (χ2v) is 7.29. The number of hydrogen-bond donors (Lipinski definition) is 1. The molecule has 0 radical (unpaired) electrons. The van der Waals surface area contributed by atoms with Crippen molar-refractivity contribution in [2.75, 3.05) is 5.32 Å². The molecule has 0 aliphatic rings. The molecule has 2 aromatic heterocycles. The number of fused-ring (bicyclic) bond motifs is 1. The van der Waals surface area contributed by atoms with Crippen molar-refractivity contribution in [2.24, 2.45) is 5.92 Å². The van der Waals surface area contributed by atoms with E-state index in [1.54, 1.807) is 6.20 Å². The zero-order valence-corrected chi connectivity index (χ0v) is 17.4. The van der Waals surface area contributed by atoms with Gasteiger partial charge in [-0.3, -0.25) is 14.0 Å². The number of carbonyl (C=O) groups excluding carboxylic acids is 1. The molecule has 3 rings (SSSR count). The zero-order chi connectivity index (χ0) is 21.0. The summed E-state index contributed by atoms with van der Waals surface area (Å²) in [7, 11) is 0. The summed E-state index contributed by atoms with van der Waals surface area (Å²) < 4.78 is 7.44. The summed E-state index contributed by atoms with van der Waals surface area (Å²) >= 11 is 0. The van der Waals surface area contributed by atoms with Crippen molar-refractivity contribution in [1.29, 1.82) is 0 Å². The van der Waals surface area contributed by atoms with E-state index in [0.717, 1.165) is 24.0 Å². The van der Waals surface area contributed by atoms with Crippen molar-refractivity contribution in [3.8, 4) is 5.75 Å². The number of nitrogens with zero attached hydrogens (tertiary/aromatic N) is 2. The Hall–Kier alpha value is -3.15. The van der Waals surface area contributed by atoms with E-state index in [2.05, 4.69) is 10.3 Å². The number of rotatable bonds is 7. The Morgan fingerprint density at radius 3 is 2.62 bits per heavy atom. The van der Waals surface area contributed by atoms with E-state index in [0.29, 0.717) is 22.8 Å². The molecule has 0 aliphatic carbocycles. The lowest BCUT2D eigenvalue weighted by Gasteiger charge is -2.15. The van der Waals surface area contributed by atoms with E-state index in [4.69, 9.17) is 4.74 Å². The van der Waals surface area contributed by atoms with Gasteiger partial charge in [0.25, 0.3) is 5.56 Å². The van der Waals surface area contributed by atoms with Gasteiger partial charge in [0.1, 0.15) is 18.0 Å². The molecule has 0 bridgehead atoms. The largest absolute Gasteiger partial charge is 0.487 e. The number of anilines is 1. The van der Waals surface area contributed by atoms with E-state index < -0.39 is 0 Å². The quantitative estimate of drug-likeness (QED) is 0.651. The van der Waals surface area contributed by atoms with Crippen molar-refractivity contribution in [3.63, 3.8) is 0 Å². The molecule has 0 spiro atoms. The third kappa shape index (κ3) is 4.83. The van der Waals surface area contributed by atoms with Crippen LogP contribution in [0.2, 0.25) is 0 Å². The highest BCUT2D eigenvalue weighted by Gasteiger charge is 2.15. The van der Waals surface area contributed by atoms with Crippen LogP contribution in [0.4, 0.5) is 5.69 Å². The molecule has 0 unspecified atom stereocenters. The molecular weight excluding hydrogens is 366 g/mol. The molecule has 6 heteroatoms. The predicted molar refractivity (Wildman–Crippen MR) is 114 cm³/mol. The third-order valence-electron chi connectivity index (χ3n) is 5.06. The van der Waals surface area contributed by atoms with Gasteiger partial charge in [-0.25, -0.2) is 4.98 Å². The molecule has 2 heterocycles. The van der Waals surface area contributed by atoms with Crippen LogP contribution in [0.1, 0.15) is 43.5 Å². The van der Waals surface area contributed by atoms with Crippen LogP contribution < -0.4 is 15.6 Å². The van der Waals surface area contributed by atoms with E-state index in [1.807, 2.05) is 58.0 Å². The van der Waals surface area contributed by atoms with Crippen molar-refractivity contribution < 1.29 is 9.53 Å². The maximum absolute atomic E-state index is 12.3. The molecule has 152 valence electrons. The smallest absolute Gasteiger partial charge is 0.258 e. The molecule has 6 nitrogen and oxygen atoms in total. The van der Waals surface area contributed by atoms with Crippen LogP contribution in [0.5, 0.6) is 5.75 Å². The second kappa shape index (κ2) is 8.90. The summed E-state index contributed by atoms with van der Waals surface area (Å²) in [5.74, 6) is 0.668. The minimum atomic E-state index is -0.142. The molecule has 0 saturated heterocycles. The van der Waals surface area contributed by atoms with Crippen molar-refractivity contribution in [2.45, 2.75) is 47.1 Å². The van der Waals surface area contributed by atoms with Crippen LogP contribution in [0.3, 0.4) is 0 Å². The lowest BCUT2D eigenvalue weighted by Crippen LogP contribution is -2.21. The number of benzene rings is 1. The maximum atomic E-state index is 12.3. The predicted octanol–water partition coefficient (Wildman–Crippen LogP) is 4.27. The molecular formula is C23H27N3O3. The molecule has 1 aromatic carbocycles. The average Bonchev–Trinajstić information content (AvgIpc) is 2.69. The normalized spacial score (nSPS) is 11.1. The summed E-state index contributed by atoms with van der Waals surface area (Å²) in [6, 6.07) is 10.8. The SMILES string of the molecule is CCC(CC)C(=O)Nc1ccc(C)c(OCc2cc(=O)n3ccc(C)cc3n2)c1. The van der Waals surface area contributed by atoms with Crippen molar-refractivity contribution in [1.82, 2.24) is 9.38 Å². The molecule has 0 atom stereocenters.